The van der Waals surface area contributed by atoms with Gasteiger partial charge in [0.05, 0.1) is 6.26 Å². The molecule has 0 aromatic heterocycles. The lowest BCUT2D eigenvalue weighted by atomic mass is 9.97. The maximum absolute atomic E-state index is 12.2. The van der Waals surface area contributed by atoms with Crippen LogP contribution in [0.15, 0.2) is 22.7 Å². The second-order valence-corrected chi connectivity index (χ2v) is 8.23. The van der Waals surface area contributed by atoms with Crippen LogP contribution in [0.4, 0.5) is 5.69 Å². The van der Waals surface area contributed by atoms with E-state index in [4.69, 9.17) is 0 Å². The lowest BCUT2D eigenvalue weighted by Crippen LogP contribution is -2.40. The van der Waals surface area contributed by atoms with Gasteiger partial charge in [-0.1, -0.05) is 22.0 Å². The van der Waals surface area contributed by atoms with Crippen LogP contribution in [-0.2, 0) is 14.8 Å². The van der Waals surface area contributed by atoms with Gasteiger partial charge in [-0.2, -0.15) is 0 Å². The van der Waals surface area contributed by atoms with E-state index in [1.54, 1.807) is 0 Å². The van der Waals surface area contributed by atoms with Crippen molar-refractivity contribution in [1.29, 1.82) is 0 Å². The molecule has 7 heteroatoms. The number of hydrogen-bond donors (Lipinski definition) is 1. The summed E-state index contributed by atoms with van der Waals surface area (Å²) in [7, 11) is -3.15. The zero-order chi connectivity index (χ0) is 15.6. The summed E-state index contributed by atoms with van der Waals surface area (Å²) >= 11 is 3.44. The average Bonchev–Trinajstić information content (AvgIpc) is 2.42. The third-order valence-corrected chi connectivity index (χ3v) is 5.89. The molecule has 0 aliphatic carbocycles. The molecule has 0 bridgehead atoms. The van der Waals surface area contributed by atoms with E-state index in [9.17, 15) is 13.2 Å². The van der Waals surface area contributed by atoms with Gasteiger partial charge in [0.1, 0.15) is 0 Å². The molecule has 116 valence electrons. The van der Waals surface area contributed by atoms with Crippen molar-refractivity contribution in [2.24, 2.45) is 5.92 Å². The van der Waals surface area contributed by atoms with Crippen LogP contribution in [0.2, 0.25) is 0 Å². The molecule has 1 aliphatic heterocycles. The summed E-state index contributed by atoms with van der Waals surface area (Å²) in [5.74, 6) is -0.179. The lowest BCUT2D eigenvalue weighted by Gasteiger charge is -2.29. The van der Waals surface area contributed by atoms with Gasteiger partial charge in [-0.15, -0.1) is 0 Å². The summed E-state index contributed by atoms with van der Waals surface area (Å²) in [6, 6.07) is 5.68. The second kappa shape index (κ2) is 6.46. The topological polar surface area (TPSA) is 66.5 Å². The quantitative estimate of drug-likeness (QED) is 0.882. The standard InChI is InChI=1S/C14H19BrN2O3S/c1-10-3-4-12(9-13(10)15)16-14(18)11-5-7-17(8-6-11)21(2,19)20/h3-4,9,11H,5-8H2,1-2H3,(H,16,18). The number of aryl methyl sites for hydroxylation is 1. The number of carbonyl (C=O) groups excluding carboxylic acids is 1. The number of carbonyl (C=O) groups is 1. The van der Waals surface area contributed by atoms with Crippen LogP contribution in [0.3, 0.4) is 0 Å². The molecule has 1 fully saturated rings. The maximum atomic E-state index is 12.2. The highest BCUT2D eigenvalue weighted by Crippen LogP contribution is 2.24. The van der Waals surface area contributed by atoms with E-state index in [0.717, 1.165) is 15.7 Å². The number of benzene rings is 1. The van der Waals surface area contributed by atoms with E-state index < -0.39 is 10.0 Å². The van der Waals surface area contributed by atoms with Crippen LogP contribution in [0, 0.1) is 12.8 Å². The van der Waals surface area contributed by atoms with Crippen LogP contribution >= 0.6 is 15.9 Å². The molecule has 0 saturated carbocycles. The summed E-state index contributed by atoms with van der Waals surface area (Å²) < 4.78 is 25.3. The molecular weight excluding hydrogens is 356 g/mol. The highest BCUT2D eigenvalue weighted by molar-refractivity contribution is 9.10. The van der Waals surface area contributed by atoms with E-state index in [1.165, 1.54) is 10.6 Å². The van der Waals surface area contributed by atoms with E-state index in [2.05, 4.69) is 21.2 Å². The number of halogens is 1. The van der Waals surface area contributed by atoms with Crippen LogP contribution in [0.1, 0.15) is 18.4 Å². The summed E-state index contributed by atoms with van der Waals surface area (Å²) in [6.45, 7) is 2.81. The fourth-order valence-electron chi connectivity index (χ4n) is 2.36. The summed E-state index contributed by atoms with van der Waals surface area (Å²) in [4.78, 5) is 12.2. The average molecular weight is 375 g/mol. The molecule has 0 unspecified atom stereocenters. The molecule has 0 radical (unpaired) electrons. The monoisotopic (exact) mass is 374 g/mol. The number of nitrogens with zero attached hydrogens (tertiary/aromatic N) is 1. The Labute approximate surface area is 133 Å². The van der Waals surface area contributed by atoms with Crippen LogP contribution < -0.4 is 5.32 Å². The Kier molecular flexibility index (Phi) is 5.06. The third kappa shape index (κ3) is 4.28. The van der Waals surface area contributed by atoms with Crippen LogP contribution in [0.5, 0.6) is 0 Å². The number of rotatable bonds is 3. The maximum Gasteiger partial charge on any atom is 0.227 e. The second-order valence-electron chi connectivity index (χ2n) is 5.39. The number of sulfonamides is 1. The van der Waals surface area contributed by atoms with Crippen molar-refractivity contribution >= 4 is 37.5 Å². The minimum absolute atomic E-state index is 0.0427. The molecule has 21 heavy (non-hydrogen) atoms. The zero-order valence-electron chi connectivity index (χ0n) is 12.1. The minimum atomic E-state index is -3.15. The van der Waals surface area contributed by atoms with Crippen molar-refractivity contribution in [3.63, 3.8) is 0 Å². The van der Waals surface area contributed by atoms with Gasteiger partial charge in [0.2, 0.25) is 15.9 Å². The van der Waals surface area contributed by atoms with Gasteiger partial charge in [-0.25, -0.2) is 12.7 Å². The number of piperidine rings is 1. The third-order valence-electron chi connectivity index (χ3n) is 3.73. The normalized spacial score (nSPS) is 17.7. The van der Waals surface area contributed by atoms with Crippen molar-refractivity contribution in [3.05, 3.63) is 28.2 Å². The molecule has 0 spiro atoms. The predicted octanol–water partition coefficient (Wildman–Crippen LogP) is 2.37. The Morgan fingerprint density at radius 3 is 2.48 bits per heavy atom. The summed E-state index contributed by atoms with van der Waals surface area (Å²) in [5, 5.41) is 2.90. The largest absolute Gasteiger partial charge is 0.326 e. The molecule has 2 rings (SSSR count). The Balaban J connectivity index is 1.95. The number of anilines is 1. The molecule has 1 saturated heterocycles. The van der Waals surface area contributed by atoms with Crippen molar-refractivity contribution in [3.8, 4) is 0 Å². The van der Waals surface area contributed by atoms with Gasteiger partial charge in [0.25, 0.3) is 0 Å². The highest BCUT2D eigenvalue weighted by Gasteiger charge is 2.28. The van der Waals surface area contributed by atoms with Crippen molar-refractivity contribution in [1.82, 2.24) is 4.31 Å². The first kappa shape index (κ1) is 16.5. The van der Waals surface area contributed by atoms with E-state index >= 15 is 0 Å². The molecule has 1 aromatic rings. The molecular formula is C14H19BrN2O3S. The van der Waals surface area contributed by atoms with Crippen LogP contribution in [0.25, 0.3) is 0 Å². The fourth-order valence-corrected chi connectivity index (χ4v) is 3.62. The fraction of sp³-hybridized carbons (Fsp3) is 0.500. The Hall–Kier alpha value is -0.920. The van der Waals surface area contributed by atoms with Gasteiger partial charge in [0, 0.05) is 29.2 Å². The number of nitrogens with one attached hydrogen (secondary N) is 1. The first-order chi connectivity index (χ1) is 9.77. The number of hydrogen-bond acceptors (Lipinski definition) is 3. The van der Waals surface area contributed by atoms with Gasteiger partial charge in [0.15, 0.2) is 0 Å². The Morgan fingerprint density at radius 1 is 1.33 bits per heavy atom. The van der Waals surface area contributed by atoms with Gasteiger partial charge in [-0.05, 0) is 37.5 Å². The van der Waals surface area contributed by atoms with Gasteiger partial charge in [-0.3, -0.25) is 4.79 Å². The molecule has 1 N–H and O–H groups in total. The SMILES string of the molecule is Cc1ccc(NC(=O)C2CCN(S(C)(=O)=O)CC2)cc1Br. The summed E-state index contributed by atoms with van der Waals surface area (Å²) in [5.41, 5.74) is 1.86. The Morgan fingerprint density at radius 2 is 1.95 bits per heavy atom. The predicted molar refractivity (Wildman–Crippen MR) is 86.6 cm³/mol. The van der Waals surface area contributed by atoms with Gasteiger partial charge >= 0.3 is 0 Å². The first-order valence-electron chi connectivity index (χ1n) is 6.79. The smallest absolute Gasteiger partial charge is 0.227 e. The number of amides is 1. The van der Waals surface area contributed by atoms with Crippen molar-refractivity contribution in [2.45, 2.75) is 19.8 Å². The van der Waals surface area contributed by atoms with Crippen LogP contribution in [-0.4, -0.2) is 38.0 Å². The van der Waals surface area contributed by atoms with E-state index in [-0.39, 0.29) is 11.8 Å². The van der Waals surface area contributed by atoms with Gasteiger partial charge < -0.3 is 5.32 Å². The molecule has 0 atom stereocenters. The van der Waals surface area contributed by atoms with Crippen molar-refractivity contribution < 1.29 is 13.2 Å². The highest BCUT2D eigenvalue weighted by atomic mass is 79.9. The Bertz CT molecular complexity index is 638. The molecule has 1 heterocycles. The van der Waals surface area contributed by atoms with E-state index in [0.29, 0.717) is 25.9 Å². The molecule has 1 aromatic carbocycles. The molecule has 1 aliphatic rings. The molecule has 5 nitrogen and oxygen atoms in total. The zero-order valence-corrected chi connectivity index (χ0v) is 14.5. The van der Waals surface area contributed by atoms with Crippen molar-refractivity contribution in [2.75, 3.05) is 24.7 Å². The van der Waals surface area contributed by atoms with E-state index in [1.807, 2.05) is 25.1 Å². The summed E-state index contributed by atoms with van der Waals surface area (Å²) in [6.07, 6.45) is 2.33. The molecule has 1 amide bonds. The minimum Gasteiger partial charge on any atom is -0.326 e. The first-order valence-corrected chi connectivity index (χ1v) is 9.43. The lowest BCUT2D eigenvalue weighted by molar-refractivity contribution is -0.120.